The first-order valence-electron chi connectivity index (χ1n) is 8.35. The van der Waals surface area contributed by atoms with Gasteiger partial charge in [0.2, 0.25) is 10.0 Å². The van der Waals surface area contributed by atoms with E-state index in [9.17, 15) is 13.2 Å². The predicted octanol–water partition coefficient (Wildman–Crippen LogP) is 1.03. The molecule has 0 amide bonds. The summed E-state index contributed by atoms with van der Waals surface area (Å²) in [4.78, 5) is 12.2. The van der Waals surface area contributed by atoms with E-state index < -0.39 is 10.0 Å². The molecule has 8 heteroatoms. The Bertz CT molecular complexity index is 954. The summed E-state index contributed by atoms with van der Waals surface area (Å²) in [5, 5.41) is 4.04. The number of hydrogen-bond acceptors (Lipinski definition) is 5. The number of hydrogen-bond donors (Lipinski definition) is 0. The molecule has 2 aromatic rings. The summed E-state index contributed by atoms with van der Waals surface area (Å²) in [6, 6.07) is 7.78. The van der Waals surface area contributed by atoms with Crippen LogP contribution >= 0.6 is 0 Å². The van der Waals surface area contributed by atoms with Gasteiger partial charge in [0.05, 0.1) is 18.0 Å². The molecule has 0 spiro atoms. The molecule has 1 atom stereocenters. The van der Waals surface area contributed by atoms with Gasteiger partial charge >= 0.3 is 0 Å². The average Bonchev–Trinajstić information content (AvgIpc) is 3.25. The van der Waals surface area contributed by atoms with E-state index in [4.69, 9.17) is 4.74 Å². The van der Waals surface area contributed by atoms with Gasteiger partial charge in [-0.15, -0.1) is 0 Å². The molecular weight excluding hydrogens is 342 g/mol. The molecule has 1 saturated heterocycles. The summed E-state index contributed by atoms with van der Waals surface area (Å²) < 4.78 is 34.5. The zero-order valence-corrected chi connectivity index (χ0v) is 14.5. The van der Waals surface area contributed by atoms with Crippen LogP contribution in [0.3, 0.4) is 0 Å². The predicted molar refractivity (Wildman–Crippen MR) is 91.1 cm³/mol. The van der Waals surface area contributed by atoms with Gasteiger partial charge in [-0.1, -0.05) is 0 Å². The Balaban J connectivity index is 1.63. The summed E-state index contributed by atoms with van der Waals surface area (Å²) in [5.41, 5.74) is 0.708. The van der Waals surface area contributed by atoms with Crippen molar-refractivity contribution in [2.75, 3.05) is 13.2 Å². The van der Waals surface area contributed by atoms with Crippen molar-refractivity contribution in [3.8, 4) is 5.75 Å². The highest BCUT2D eigenvalue weighted by atomic mass is 32.2. The van der Waals surface area contributed by atoms with Gasteiger partial charge in [0.15, 0.2) is 0 Å². The van der Waals surface area contributed by atoms with Crippen LogP contribution < -0.4 is 10.3 Å². The maximum absolute atomic E-state index is 13.1. The van der Waals surface area contributed by atoms with E-state index in [2.05, 4.69) is 5.10 Å². The average molecular weight is 361 g/mol. The van der Waals surface area contributed by atoms with Crippen molar-refractivity contribution in [2.24, 2.45) is 0 Å². The van der Waals surface area contributed by atoms with E-state index in [1.165, 1.54) is 21.3 Å². The van der Waals surface area contributed by atoms with Crippen molar-refractivity contribution in [3.63, 3.8) is 0 Å². The van der Waals surface area contributed by atoms with Crippen LogP contribution in [-0.4, -0.2) is 41.7 Å². The summed E-state index contributed by atoms with van der Waals surface area (Å²) in [5.74, 6) is 0.761. The van der Waals surface area contributed by atoms with Gasteiger partial charge in [-0.2, -0.15) is 9.40 Å². The Kier molecular flexibility index (Phi) is 4.09. The number of benzene rings is 1. The highest BCUT2D eigenvalue weighted by molar-refractivity contribution is 7.89. The van der Waals surface area contributed by atoms with Crippen molar-refractivity contribution in [2.45, 2.75) is 36.7 Å². The lowest BCUT2D eigenvalue weighted by Crippen LogP contribution is -2.40. The maximum atomic E-state index is 13.1. The second-order valence-electron chi connectivity index (χ2n) is 6.32. The van der Waals surface area contributed by atoms with E-state index in [1.54, 1.807) is 24.3 Å². The Labute approximate surface area is 145 Å². The lowest BCUT2D eigenvalue weighted by atomic mass is 10.2. The van der Waals surface area contributed by atoms with E-state index in [1.807, 2.05) is 0 Å². The standard InChI is InChI=1S/C17H19N3O4S/c21-17-4-1-8-18-19(17)12-14-3-2-9-20(14)25(22,23)15-5-6-16-13(11-15)7-10-24-16/h1,4-6,8,11,14H,2-3,7,9-10,12H2. The SMILES string of the molecule is O=c1cccnn1CC1CCCN1S(=O)(=O)c1ccc2c(c1)CCO2. The first-order valence-corrected chi connectivity index (χ1v) is 9.79. The van der Waals surface area contributed by atoms with Crippen LogP contribution in [0.1, 0.15) is 18.4 Å². The molecule has 1 aromatic heterocycles. The molecule has 0 saturated carbocycles. The van der Waals surface area contributed by atoms with Gasteiger partial charge in [-0.3, -0.25) is 4.79 Å². The second-order valence-corrected chi connectivity index (χ2v) is 8.21. The topological polar surface area (TPSA) is 81.5 Å². The van der Waals surface area contributed by atoms with Gasteiger partial charge < -0.3 is 4.74 Å². The zero-order chi connectivity index (χ0) is 17.4. The highest BCUT2D eigenvalue weighted by Crippen LogP contribution is 2.31. The minimum Gasteiger partial charge on any atom is -0.493 e. The molecule has 1 fully saturated rings. The van der Waals surface area contributed by atoms with Crippen molar-refractivity contribution in [3.05, 3.63) is 52.4 Å². The third kappa shape index (κ3) is 2.96. The number of fused-ring (bicyclic) bond motifs is 1. The monoisotopic (exact) mass is 361 g/mol. The summed E-state index contributed by atoms with van der Waals surface area (Å²) in [6.07, 6.45) is 3.76. The molecule has 0 aliphatic carbocycles. The first-order chi connectivity index (χ1) is 12.1. The zero-order valence-electron chi connectivity index (χ0n) is 13.7. The molecule has 1 unspecified atom stereocenters. The first kappa shape index (κ1) is 16.3. The van der Waals surface area contributed by atoms with E-state index >= 15 is 0 Å². The van der Waals surface area contributed by atoms with Gasteiger partial charge in [0, 0.05) is 31.3 Å². The van der Waals surface area contributed by atoms with Crippen LogP contribution in [0.25, 0.3) is 0 Å². The van der Waals surface area contributed by atoms with Crippen LogP contribution in [0, 0.1) is 0 Å². The molecule has 0 bridgehead atoms. The van der Waals surface area contributed by atoms with Crippen LogP contribution in [0.15, 0.2) is 46.2 Å². The lowest BCUT2D eigenvalue weighted by Gasteiger charge is -2.24. The summed E-state index contributed by atoms with van der Waals surface area (Å²) >= 11 is 0. The molecule has 4 rings (SSSR count). The van der Waals surface area contributed by atoms with Crippen LogP contribution in [0.2, 0.25) is 0 Å². The van der Waals surface area contributed by atoms with Gasteiger partial charge in [-0.05, 0) is 42.7 Å². The van der Waals surface area contributed by atoms with Crippen molar-refractivity contribution >= 4 is 10.0 Å². The Hall–Kier alpha value is -2.19. The van der Waals surface area contributed by atoms with Crippen molar-refractivity contribution < 1.29 is 13.2 Å². The van der Waals surface area contributed by atoms with Crippen molar-refractivity contribution in [1.82, 2.24) is 14.1 Å². The van der Waals surface area contributed by atoms with Gasteiger partial charge in [0.25, 0.3) is 5.56 Å². The van der Waals surface area contributed by atoms with E-state index in [-0.39, 0.29) is 23.0 Å². The fourth-order valence-electron chi connectivity index (χ4n) is 3.49. The Morgan fingerprint density at radius 2 is 2.16 bits per heavy atom. The van der Waals surface area contributed by atoms with E-state index in [0.717, 1.165) is 30.6 Å². The van der Waals surface area contributed by atoms with E-state index in [0.29, 0.717) is 13.2 Å². The van der Waals surface area contributed by atoms with Crippen LogP contribution in [0.5, 0.6) is 5.75 Å². The molecule has 25 heavy (non-hydrogen) atoms. The second kappa shape index (κ2) is 6.27. The minimum absolute atomic E-state index is 0.221. The lowest BCUT2D eigenvalue weighted by molar-refractivity contribution is 0.335. The Morgan fingerprint density at radius 3 is 3.00 bits per heavy atom. The third-order valence-corrected chi connectivity index (χ3v) is 6.71. The summed E-state index contributed by atoms with van der Waals surface area (Å²) in [6.45, 7) is 1.32. The van der Waals surface area contributed by atoms with Crippen molar-refractivity contribution in [1.29, 1.82) is 0 Å². The molecule has 3 heterocycles. The van der Waals surface area contributed by atoms with Gasteiger partial charge in [0.1, 0.15) is 5.75 Å². The molecular formula is C17H19N3O4S. The highest BCUT2D eigenvalue weighted by Gasteiger charge is 2.36. The van der Waals surface area contributed by atoms with Crippen LogP contribution in [0.4, 0.5) is 0 Å². The Morgan fingerprint density at radius 1 is 1.28 bits per heavy atom. The fraction of sp³-hybridized carbons (Fsp3) is 0.412. The molecule has 7 nitrogen and oxygen atoms in total. The normalized spacial score (nSPS) is 20.4. The quantitative estimate of drug-likeness (QED) is 0.812. The maximum Gasteiger partial charge on any atom is 0.266 e. The number of ether oxygens (including phenoxy) is 1. The van der Waals surface area contributed by atoms with Gasteiger partial charge in [-0.25, -0.2) is 13.1 Å². The molecule has 1 aromatic carbocycles. The minimum atomic E-state index is -3.61. The fourth-order valence-corrected chi connectivity index (χ4v) is 5.23. The number of aromatic nitrogens is 2. The molecule has 132 valence electrons. The van der Waals surface area contributed by atoms with Crippen LogP contribution in [-0.2, 0) is 23.0 Å². The smallest absolute Gasteiger partial charge is 0.266 e. The third-order valence-electron chi connectivity index (χ3n) is 4.76. The molecule has 0 N–H and O–H groups in total. The molecule has 2 aliphatic rings. The number of rotatable bonds is 4. The number of sulfonamides is 1. The summed E-state index contributed by atoms with van der Waals surface area (Å²) in [7, 11) is -3.61. The largest absolute Gasteiger partial charge is 0.493 e. The molecule has 2 aliphatic heterocycles. The molecule has 0 radical (unpaired) electrons. The number of nitrogens with zero attached hydrogens (tertiary/aromatic N) is 3.